The maximum atomic E-state index is 10.8. The predicted octanol–water partition coefficient (Wildman–Crippen LogP) is -0.769. The van der Waals surface area contributed by atoms with Gasteiger partial charge in [0.05, 0.1) is 0 Å². The van der Waals surface area contributed by atoms with Crippen LogP contribution in [0.15, 0.2) is 12.1 Å². The molecule has 15 heavy (non-hydrogen) atoms. The number of anilines is 1. The van der Waals surface area contributed by atoms with E-state index in [4.69, 9.17) is 5.73 Å². The Morgan fingerprint density at radius 2 is 2.27 bits per heavy atom. The SMILES string of the molecule is CNCCN(C)c1ccc(C(N)=O)nn1. The lowest BCUT2D eigenvalue weighted by molar-refractivity contribution is 0.0994. The first-order chi connectivity index (χ1) is 7.15. The summed E-state index contributed by atoms with van der Waals surface area (Å²) in [6, 6.07) is 3.29. The largest absolute Gasteiger partial charge is 0.364 e. The van der Waals surface area contributed by atoms with Gasteiger partial charge in [-0.25, -0.2) is 0 Å². The lowest BCUT2D eigenvalue weighted by Gasteiger charge is -2.16. The van der Waals surface area contributed by atoms with Crippen molar-refractivity contribution < 1.29 is 4.79 Å². The molecule has 0 unspecified atom stereocenters. The molecular formula is C9H15N5O. The lowest BCUT2D eigenvalue weighted by Crippen LogP contribution is -2.28. The quantitative estimate of drug-likeness (QED) is 0.665. The molecule has 0 aliphatic carbocycles. The van der Waals surface area contributed by atoms with Gasteiger partial charge in [-0.05, 0) is 19.2 Å². The average Bonchev–Trinajstić information content (AvgIpc) is 2.26. The predicted molar refractivity (Wildman–Crippen MR) is 57.7 cm³/mol. The Morgan fingerprint density at radius 1 is 1.53 bits per heavy atom. The third-order valence-electron chi connectivity index (χ3n) is 1.99. The molecule has 1 aromatic rings. The maximum absolute atomic E-state index is 10.8. The molecule has 0 aliphatic heterocycles. The van der Waals surface area contributed by atoms with Crippen LogP contribution in [-0.2, 0) is 0 Å². The van der Waals surface area contributed by atoms with E-state index in [2.05, 4.69) is 15.5 Å². The molecule has 0 bridgehead atoms. The summed E-state index contributed by atoms with van der Waals surface area (Å²) in [6.45, 7) is 1.68. The molecule has 1 amide bonds. The van der Waals surface area contributed by atoms with Crippen molar-refractivity contribution in [2.45, 2.75) is 0 Å². The molecule has 3 N–H and O–H groups in total. The van der Waals surface area contributed by atoms with Crippen LogP contribution in [0.3, 0.4) is 0 Å². The van der Waals surface area contributed by atoms with Gasteiger partial charge in [-0.1, -0.05) is 0 Å². The van der Waals surface area contributed by atoms with Gasteiger partial charge in [0.2, 0.25) is 0 Å². The number of nitrogens with two attached hydrogens (primary N) is 1. The second-order valence-corrected chi connectivity index (χ2v) is 3.17. The third kappa shape index (κ3) is 3.17. The minimum atomic E-state index is -0.563. The van der Waals surface area contributed by atoms with Crippen molar-refractivity contribution >= 4 is 11.7 Å². The average molecular weight is 209 g/mol. The number of likely N-dealkylation sites (N-methyl/N-ethyl adjacent to an activating group) is 2. The van der Waals surface area contributed by atoms with Crippen LogP contribution in [0.1, 0.15) is 10.5 Å². The van der Waals surface area contributed by atoms with E-state index in [-0.39, 0.29) is 5.69 Å². The topological polar surface area (TPSA) is 84.1 Å². The van der Waals surface area contributed by atoms with Crippen LogP contribution in [0.2, 0.25) is 0 Å². The lowest BCUT2D eigenvalue weighted by atomic mass is 10.3. The van der Waals surface area contributed by atoms with Gasteiger partial charge in [-0.3, -0.25) is 4.79 Å². The Kier molecular flexibility index (Phi) is 3.99. The van der Waals surface area contributed by atoms with Crippen LogP contribution in [0.4, 0.5) is 5.82 Å². The molecule has 0 spiro atoms. The van der Waals surface area contributed by atoms with Gasteiger partial charge in [0.25, 0.3) is 5.91 Å². The zero-order valence-electron chi connectivity index (χ0n) is 8.90. The zero-order valence-corrected chi connectivity index (χ0v) is 8.90. The molecule has 1 aromatic heterocycles. The molecule has 0 saturated carbocycles. The summed E-state index contributed by atoms with van der Waals surface area (Å²) < 4.78 is 0. The van der Waals surface area contributed by atoms with Gasteiger partial charge in [-0.15, -0.1) is 10.2 Å². The minimum Gasteiger partial charge on any atom is -0.364 e. The highest BCUT2D eigenvalue weighted by Crippen LogP contribution is 2.06. The van der Waals surface area contributed by atoms with Crippen LogP contribution in [0, 0.1) is 0 Å². The zero-order chi connectivity index (χ0) is 11.3. The molecule has 0 saturated heterocycles. The fraction of sp³-hybridized carbons (Fsp3) is 0.444. The standard InChI is InChI=1S/C9H15N5O/c1-11-5-6-14(2)8-4-3-7(9(10)15)12-13-8/h3-4,11H,5-6H2,1-2H3,(H2,10,15). The highest BCUT2D eigenvalue weighted by molar-refractivity contribution is 5.90. The first-order valence-corrected chi connectivity index (χ1v) is 4.64. The Balaban J connectivity index is 2.66. The number of rotatable bonds is 5. The van der Waals surface area contributed by atoms with Gasteiger partial charge >= 0.3 is 0 Å². The maximum Gasteiger partial charge on any atom is 0.269 e. The van der Waals surface area contributed by atoms with E-state index in [1.807, 2.05) is 19.0 Å². The van der Waals surface area contributed by atoms with Crippen LogP contribution in [0.5, 0.6) is 0 Å². The fourth-order valence-electron chi connectivity index (χ4n) is 1.05. The normalized spacial score (nSPS) is 10.0. The molecule has 6 nitrogen and oxygen atoms in total. The van der Waals surface area contributed by atoms with E-state index in [1.165, 1.54) is 0 Å². The highest BCUT2D eigenvalue weighted by Gasteiger charge is 2.05. The smallest absolute Gasteiger partial charge is 0.269 e. The Hall–Kier alpha value is -1.69. The van der Waals surface area contributed by atoms with Crippen LogP contribution in [0.25, 0.3) is 0 Å². The number of amides is 1. The second-order valence-electron chi connectivity index (χ2n) is 3.17. The number of primary amides is 1. The second kappa shape index (κ2) is 5.26. The number of hydrogen-bond donors (Lipinski definition) is 2. The summed E-state index contributed by atoms with van der Waals surface area (Å²) in [5, 5.41) is 10.7. The number of hydrogen-bond acceptors (Lipinski definition) is 5. The number of nitrogens with zero attached hydrogens (tertiary/aromatic N) is 3. The van der Waals surface area contributed by atoms with Gasteiger partial charge in [0, 0.05) is 20.1 Å². The van der Waals surface area contributed by atoms with Crippen LogP contribution in [-0.4, -0.2) is 43.3 Å². The summed E-state index contributed by atoms with van der Waals surface area (Å²) >= 11 is 0. The summed E-state index contributed by atoms with van der Waals surface area (Å²) in [5.41, 5.74) is 5.24. The van der Waals surface area contributed by atoms with E-state index in [0.29, 0.717) is 0 Å². The molecule has 0 atom stereocenters. The van der Waals surface area contributed by atoms with Crippen molar-refractivity contribution in [1.82, 2.24) is 15.5 Å². The number of nitrogens with one attached hydrogen (secondary N) is 1. The molecule has 6 heteroatoms. The van der Waals surface area contributed by atoms with Crippen LogP contribution >= 0.6 is 0 Å². The first-order valence-electron chi connectivity index (χ1n) is 4.64. The minimum absolute atomic E-state index is 0.181. The van der Waals surface area contributed by atoms with Crippen molar-refractivity contribution in [2.24, 2.45) is 5.73 Å². The van der Waals surface area contributed by atoms with E-state index in [9.17, 15) is 4.79 Å². The van der Waals surface area contributed by atoms with Crippen molar-refractivity contribution in [1.29, 1.82) is 0 Å². The summed E-state index contributed by atoms with van der Waals surface area (Å²) in [4.78, 5) is 12.7. The number of carbonyl (C=O) groups is 1. The van der Waals surface area contributed by atoms with Gasteiger partial charge < -0.3 is 16.0 Å². The number of aromatic nitrogens is 2. The van der Waals surface area contributed by atoms with E-state index in [0.717, 1.165) is 18.9 Å². The molecule has 1 heterocycles. The van der Waals surface area contributed by atoms with Crippen molar-refractivity contribution in [3.05, 3.63) is 17.8 Å². The molecule has 82 valence electrons. The summed E-state index contributed by atoms with van der Waals surface area (Å²) in [6.07, 6.45) is 0. The molecule has 1 rings (SSSR count). The third-order valence-corrected chi connectivity index (χ3v) is 1.99. The first kappa shape index (κ1) is 11.4. The molecule has 0 fully saturated rings. The number of carbonyl (C=O) groups excluding carboxylic acids is 1. The monoisotopic (exact) mass is 209 g/mol. The van der Waals surface area contributed by atoms with E-state index in [1.54, 1.807) is 12.1 Å². The highest BCUT2D eigenvalue weighted by atomic mass is 16.1. The van der Waals surface area contributed by atoms with Crippen molar-refractivity contribution in [3.8, 4) is 0 Å². The van der Waals surface area contributed by atoms with Gasteiger partial charge in [-0.2, -0.15) is 0 Å². The Morgan fingerprint density at radius 3 is 2.73 bits per heavy atom. The van der Waals surface area contributed by atoms with Gasteiger partial charge in [0.1, 0.15) is 0 Å². The van der Waals surface area contributed by atoms with Crippen molar-refractivity contribution in [3.63, 3.8) is 0 Å². The summed E-state index contributed by atoms with van der Waals surface area (Å²) in [7, 11) is 3.79. The fourth-order valence-corrected chi connectivity index (χ4v) is 1.05. The van der Waals surface area contributed by atoms with Gasteiger partial charge in [0.15, 0.2) is 11.5 Å². The molecule has 0 aliphatic rings. The summed E-state index contributed by atoms with van der Waals surface area (Å²) in [5.74, 6) is 0.155. The van der Waals surface area contributed by atoms with E-state index >= 15 is 0 Å². The molecule has 0 radical (unpaired) electrons. The van der Waals surface area contributed by atoms with Crippen molar-refractivity contribution in [2.75, 3.05) is 32.1 Å². The molecular weight excluding hydrogens is 194 g/mol. The Labute approximate surface area is 88.5 Å². The van der Waals surface area contributed by atoms with Crippen LogP contribution < -0.4 is 16.0 Å². The Bertz CT molecular complexity index is 324. The molecule has 0 aromatic carbocycles. The van der Waals surface area contributed by atoms with E-state index < -0.39 is 5.91 Å².